The molecule has 0 heterocycles. The molecule has 1 aromatic rings. The van der Waals surface area contributed by atoms with Crippen LogP contribution in [0.5, 0.6) is 5.75 Å². The van der Waals surface area contributed by atoms with Crippen molar-refractivity contribution in [3.63, 3.8) is 0 Å². The number of nitrogens with one attached hydrogen (secondary N) is 1. The fourth-order valence-corrected chi connectivity index (χ4v) is 1.55. The van der Waals surface area contributed by atoms with Crippen LogP contribution in [0.2, 0.25) is 10.0 Å². The van der Waals surface area contributed by atoms with E-state index in [-0.39, 0.29) is 25.7 Å². The molecule has 0 bridgehead atoms. The van der Waals surface area contributed by atoms with Crippen molar-refractivity contribution >= 4 is 29.1 Å². The van der Waals surface area contributed by atoms with E-state index in [0.717, 1.165) is 0 Å². The number of aliphatic hydroxyl groups excluding tert-OH is 1. The fraction of sp³-hybridized carbons (Fsp3) is 0.417. The molecule has 0 spiro atoms. The third kappa shape index (κ3) is 6.63. The van der Waals surface area contributed by atoms with Crippen molar-refractivity contribution in [1.82, 2.24) is 5.32 Å². The molecule has 1 rings (SSSR count). The highest BCUT2D eigenvalue weighted by atomic mass is 35.5. The molecule has 19 heavy (non-hydrogen) atoms. The number of hydrogen-bond donors (Lipinski definition) is 2. The van der Waals surface area contributed by atoms with Crippen molar-refractivity contribution in [1.29, 1.82) is 0 Å². The topological polar surface area (TPSA) is 67.8 Å². The van der Waals surface area contributed by atoms with Gasteiger partial charge in [-0.3, -0.25) is 4.79 Å². The van der Waals surface area contributed by atoms with Crippen LogP contribution in [0, 0.1) is 0 Å². The van der Waals surface area contributed by atoms with Gasteiger partial charge in [-0.1, -0.05) is 23.2 Å². The van der Waals surface area contributed by atoms with E-state index in [1.54, 1.807) is 18.2 Å². The molecule has 0 saturated carbocycles. The van der Waals surface area contributed by atoms with E-state index in [9.17, 15) is 4.79 Å². The summed E-state index contributed by atoms with van der Waals surface area (Å²) in [5.41, 5.74) is 0. The zero-order chi connectivity index (χ0) is 14.1. The summed E-state index contributed by atoms with van der Waals surface area (Å²) in [6.07, 6.45) is 0. The molecule has 1 amide bonds. The quantitative estimate of drug-likeness (QED) is 0.714. The molecule has 0 saturated heterocycles. The molecule has 0 atom stereocenters. The Labute approximate surface area is 121 Å². The van der Waals surface area contributed by atoms with E-state index >= 15 is 0 Å². The molecule has 5 nitrogen and oxygen atoms in total. The normalized spacial score (nSPS) is 10.3. The maximum absolute atomic E-state index is 11.4. The highest BCUT2D eigenvalue weighted by Gasteiger charge is 2.06. The van der Waals surface area contributed by atoms with E-state index in [4.69, 9.17) is 37.8 Å². The second kappa shape index (κ2) is 8.98. The maximum atomic E-state index is 11.4. The Balaban J connectivity index is 2.24. The summed E-state index contributed by atoms with van der Waals surface area (Å²) >= 11 is 11.7. The van der Waals surface area contributed by atoms with Crippen LogP contribution in [0.3, 0.4) is 0 Å². The summed E-state index contributed by atoms with van der Waals surface area (Å²) in [4.78, 5) is 11.4. The Kier molecular flexibility index (Phi) is 7.59. The number of benzene rings is 1. The van der Waals surface area contributed by atoms with Crippen LogP contribution in [-0.2, 0) is 9.53 Å². The van der Waals surface area contributed by atoms with Gasteiger partial charge in [0.15, 0.2) is 6.61 Å². The van der Waals surface area contributed by atoms with E-state index in [1.807, 2.05) is 0 Å². The summed E-state index contributed by atoms with van der Waals surface area (Å²) in [6.45, 7) is 0.755. The molecule has 106 valence electrons. The van der Waals surface area contributed by atoms with Crippen molar-refractivity contribution in [3.8, 4) is 5.75 Å². The first-order valence-electron chi connectivity index (χ1n) is 5.66. The van der Waals surface area contributed by atoms with Gasteiger partial charge in [-0.15, -0.1) is 0 Å². The molecule has 0 aliphatic carbocycles. The van der Waals surface area contributed by atoms with Crippen LogP contribution in [0.15, 0.2) is 18.2 Å². The molecule has 1 aromatic carbocycles. The van der Waals surface area contributed by atoms with Gasteiger partial charge >= 0.3 is 0 Å². The van der Waals surface area contributed by atoms with Gasteiger partial charge in [0.2, 0.25) is 0 Å². The lowest BCUT2D eigenvalue weighted by Gasteiger charge is -2.09. The second-order valence-electron chi connectivity index (χ2n) is 3.55. The molecule has 2 N–H and O–H groups in total. The summed E-state index contributed by atoms with van der Waals surface area (Å²) in [5.74, 6) is 0.0736. The minimum absolute atomic E-state index is 0.0374. The van der Waals surface area contributed by atoms with Crippen molar-refractivity contribution in [2.24, 2.45) is 0 Å². The Morgan fingerprint density at radius 3 is 2.84 bits per heavy atom. The zero-order valence-electron chi connectivity index (χ0n) is 10.2. The molecule has 0 fully saturated rings. The lowest BCUT2D eigenvalue weighted by atomic mass is 10.3. The summed E-state index contributed by atoms with van der Waals surface area (Å²) in [6, 6.07) is 4.77. The highest BCUT2D eigenvalue weighted by Crippen LogP contribution is 2.27. The number of carbonyl (C=O) groups excluding carboxylic acids is 1. The first-order chi connectivity index (χ1) is 9.13. The lowest BCUT2D eigenvalue weighted by Crippen LogP contribution is -2.31. The van der Waals surface area contributed by atoms with Gasteiger partial charge in [0.1, 0.15) is 5.75 Å². The standard InChI is InChI=1S/C12H15Cl2NO4/c13-9-1-2-10(14)11(7-9)19-8-12(17)15-3-5-18-6-4-16/h1-2,7,16H,3-6,8H2,(H,15,17). The third-order valence-electron chi connectivity index (χ3n) is 2.06. The Hall–Kier alpha value is -1.01. The second-order valence-corrected chi connectivity index (χ2v) is 4.39. The largest absolute Gasteiger partial charge is 0.482 e. The first-order valence-corrected chi connectivity index (χ1v) is 6.42. The van der Waals surface area contributed by atoms with Crippen LogP contribution in [0.1, 0.15) is 0 Å². The van der Waals surface area contributed by atoms with Gasteiger partial charge in [-0.25, -0.2) is 0 Å². The van der Waals surface area contributed by atoms with Crippen molar-refractivity contribution in [3.05, 3.63) is 28.2 Å². The fourth-order valence-electron chi connectivity index (χ4n) is 1.21. The van der Waals surface area contributed by atoms with Crippen molar-refractivity contribution in [2.45, 2.75) is 0 Å². The van der Waals surface area contributed by atoms with Crippen LogP contribution < -0.4 is 10.1 Å². The van der Waals surface area contributed by atoms with Crippen molar-refractivity contribution in [2.75, 3.05) is 33.0 Å². The van der Waals surface area contributed by atoms with Gasteiger partial charge < -0.3 is 19.9 Å². The van der Waals surface area contributed by atoms with E-state index < -0.39 is 0 Å². The summed E-state index contributed by atoms with van der Waals surface area (Å²) in [5, 5.41) is 12.0. The monoisotopic (exact) mass is 307 g/mol. The van der Waals surface area contributed by atoms with Gasteiger partial charge in [-0.05, 0) is 12.1 Å². The van der Waals surface area contributed by atoms with E-state index in [0.29, 0.717) is 28.9 Å². The van der Waals surface area contributed by atoms with E-state index in [1.165, 1.54) is 0 Å². The SMILES string of the molecule is O=C(COc1cc(Cl)ccc1Cl)NCCOCCO. The molecule has 7 heteroatoms. The lowest BCUT2D eigenvalue weighted by molar-refractivity contribution is -0.123. The molecular weight excluding hydrogens is 293 g/mol. The number of amides is 1. The Morgan fingerprint density at radius 1 is 1.32 bits per heavy atom. The van der Waals surface area contributed by atoms with Crippen LogP contribution in [-0.4, -0.2) is 44.0 Å². The zero-order valence-corrected chi connectivity index (χ0v) is 11.7. The van der Waals surface area contributed by atoms with Crippen LogP contribution in [0.4, 0.5) is 0 Å². The smallest absolute Gasteiger partial charge is 0.258 e. The van der Waals surface area contributed by atoms with Gasteiger partial charge in [0, 0.05) is 17.6 Å². The Bertz CT molecular complexity index is 415. The predicted octanol–water partition coefficient (Wildman–Crippen LogP) is 1.50. The molecule has 0 radical (unpaired) electrons. The van der Waals surface area contributed by atoms with Crippen LogP contribution in [0.25, 0.3) is 0 Å². The van der Waals surface area contributed by atoms with Gasteiger partial charge in [0.05, 0.1) is 24.8 Å². The number of rotatable bonds is 8. The highest BCUT2D eigenvalue weighted by molar-refractivity contribution is 6.34. The number of hydrogen-bond acceptors (Lipinski definition) is 4. The number of ether oxygens (including phenoxy) is 2. The molecule has 0 unspecified atom stereocenters. The number of halogens is 2. The first kappa shape index (κ1) is 16.0. The molecule has 0 aromatic heterocycles. The van der Waals surface area contributed by atoms with E-state index in [2.05, 4.69) is 5.32 Å². The van der Waals surface area contributed by atoms with Crippen molar-refractivity contribution < 1.29 is 19.4 Å². The molecule has 0 aliphatic rings. The minimum Gasteiger partial charge on any atom is -0.482 e. The summed E-state index contributed by atoms with van der Waals surface area (Å²) in [7, 11) is 0. The average molecular weight is 308 g/mol. The predicted molar refractivity (Wildman–Crippen MR) is 72.9 cm³/mol. The third-order valence-corrected chi connectivity index (χ3v) is 2.60. The Morgan fingerprint density at radius 2 is 2.11 bits per heavy atom. The number of carbonyl (C=O) groups is 1. The van der Waals surface area contributed by atoms with Gasteiger partial charge in [-0.2, -0.15) is 0 Å². The van der Waals surface area contributed by atoms with Gasteiger partial charge in [0.25, 0.3) is 5.91 Å². The summed E-state index contributed by atoms with van der Waals surface area (Å²) < 4.78 is 10.2. The maximum Gasteiger partial charge on any atom is 0.258 e. The molecular formula is C12H15Cl2NO4. The molecule has 0 aliphatic heterocycles. The number of aliphatic hydroxyl groups is 1. The average Bonchev–Trinajstić information content (AvgIpc) is 2.39. The van der Waals surface area contributed by atoms with Crippen LogP contribution >= 0.6 is 23.2 Å². The minimum atomic E-state index is -0.288.